The maximum Gasteiger partial charge on any atom is 0.271 e. The molecule has 0 aliphatic rings. The zero-order chi connectivity index (χ0) is 21.9. The molecule has 0 saturated carbocycles. The summed E-state index contributed by atoms with van der Waals surface area (Å²) in [5.74, 6) is -0.664. The molecule has 0 aliphatic heterocycles. The number of nitro groups is 1. The van der Waals surface area contributed by atoms with Gasteiger partial charge in [0.15, 0.2) is 0 Å². The van der Waals surface area contributed by atoms with Crippen molar-refractivity contribution in [2.24, 2.45) is 0 Å². The van der Waals surface area contributed by atoms with Crippen LogP contribution >= 0.6 is 11.6 Å². The molecule has 30 heavy (non-hydrogen) atoms. The molecule has 0 aromatic heterocycles. The van der Waals surface area contributed by atoms with Crippen LogP contribution in [0.25, 0.3) is 0 Å². The number of halogens is 1. The fourth-order valence-corrected chi connectivity index (χ4v) is 4.13. The van der Waals surface area contributed by atoms with Gasteiger partial charge in [0, 0.05) is 19.2 Å². The quantitative estimate of drug-likeness (QED) is 0.448. The number of benzene rings is 3. The maximum atomic E-state index is 12.9. The number of para-hydroxylation sites is 1. The molecule has 0 atom stereocenters. The lowest BCUT2D eigenvalue weighted by atomic mass is 10.1. The summed E-state index contributed by atoms with van der Waals surface area (Å²) in [4.78, 5) is 23.3. The van der Waals surface area contributed by atoms with E-state index in [-0.39, 0.29) is 32.5 Å². The Morgan fingerprint density at radius 2 is 1.67 bits per heavy atom. The normalized spacial score (nSPS) is 11.0. The van der Waals surface area contributed by atoms with Gasteiger partial charge < -0.3 is 5.32 Å². The van der Waals surface area contributed by atoms with Crippen molar-refractivity contribution in [3.05, 3.63) is 93.5 Å². The number of nitro benzene ring substituents is 1. The van der Waals surface area contributed by atoms with E-state index in [1.165, 1.54) is 43.4 Å². The monoisotopic (exact) mass is 445 g/mol. The number of sulfonamides is 1. The van der Waals surface area contributed by atoms with Gasteiger partial charge in [-0.2, -0.15) is 0 Å². The Morgan fingerprint density at radius 3 is 2.33 bits per heavy atom. The second-order valence-electron chi connectivity index (χ2n) is 6.18. The second-order valence-corrected chi connectivity index (χ2v) is 8.55. The third-order valence-corrected chi connectivity index (χ3v) is 6.41. The van der Waals surface area contributed by atoms with Crippen LogP contribution in [-0.4, -0.2) is 26.3 Å². The highest BCUT2D eigenvalue weighted by Crippen LogP contribution is 2.30. The molecule has 0 bridgehead atoms. The molecule has 3 rings (SSSR count). The minimum absolute atomic E-state index is 0.0410. The average Bonchev–Trinajstić information content (AvgIpc) is 2.75. The van der Waals surface area contributed by atoms with Crippen molar-refractivity contribution in [3.63, 3.8) is 0 Å². The summed E-state index contributed by atoms with van der Waals surface area (Å²) >= 11 is 6.04. The Morgan fingerprint density at radius 1 is 1.03 bits per heavy atom. The minimum atomic E-state index is -3.91. The summed E-state index contributed by atoms with van der Waals surface area (Å²) in [5.41, 5.74) is -0.00603. The molecule has 0 spiro atoms. The molecule has 3 aromatic rings. The predicted octanol–water partition coefficient (Wildman–Crippen LogP) is 4.33. The van der Waals surface area contributed by atoms with E-state index in [1.807, 2.05) is 0 Å². The third kappa shape index (κ3) is 4.27. The van der Waals surface area contributed by atoms with Crippen LogP contribution in [0.2, 0.25) is 5.02 Å². The van der Waals surface area contributed by atoms with E-state index in [9.17, 15) is 23.3 Å². The van der Waals surface area contributed by atoms with Gasteiger partial charge >= 0.3 is 0 Å². The number of carbonyl (C=O) groups excluding carboxylic acids is 1. The van der Waals surface area contributed by atoms with Crippen LogP contribution < -0.4 is 9.62 Å². The summed E-state index contributed by atoms with van der Waals surface area (Å²) in [6.45, 7) is 0. The molecule has 0 radical (unpaired) electrons. The van der Waals surface area contributed by atoms with Crippen LogP contribution in [-0.2, 0) is 10.0 Å². The highest BCUT2D eigenvalue weighted by molar-refractivity contribution is 7.92. The van der Waals surface area contributed by atoms with E-state index in [1.54, 1.807) is 30.3 Å². The lowest BCUT2D eigenvalue weighted by Crippen LogP contribution is -2.29. The van der Waals surface area contributed by atoms with Crippen molar-refractivity contribution in [2.75, 3.05) is 16.7 Å². The van der Waals surface area contributed by atoms with E-state index in [2.05, 4.69) is 5.32 Å². The smallest absolute Gasteiger partial charge is 0.271 e. The highest BCUT2D eigenvalue weighted by Gasteiger charge is 2.25. The van der Waals surface area contributed by atoms with Crippen molar-refractivity contribution in [1.82, 2.24) is 0 Å². The van der Waals surface area contributed by atoms with Gasteiger partial charge in [0.1, 0.15) is 0 Å². The van der Waals surface area contributed by atoms with Crippen molar-refractivity contribution in [3.8, 4) is 0 Å². The van der Waals surface area contributed by atoms with E-state index < -0.39 is 20.9 Å². The number of carbonyl (C=O) groups is 1. The maximum absolute atomic E-state index is 12.9. The minimum Gasteiger partial charge on any atom is -0.320 e. The molecule has 1 N–H and O–H groups in total. The number of hydrogen-bond donors (Lipinski definition) is 1. The van der Waals surface area contributed by atoms with E-state index in [0.29, 0.717) is 0 Å². The van der Waals surface area contributed by atoms with Crippen LogP contribution in [0.15, 0.2) is 77.7 Å². The number of amides is 1. The Labute approximate surface area is 177 Å². The number of non-ortho nitro benzene ring substituents is 1. The first-order valence-corrected chi connectivity index (χ1v) is 10.4. The molecule has 0 heterocycles. The van der Waals surface area contributed by atoms with Crippen LogP contribution in [0.1, 0.15) is 10.4 Å². The molecule has 154 valence electrons. The first-order valence-electron chi connectivity index (χ1n) is 8.60. The van der Waals surface area contributed by atoms with E-state index >= 15 is 0 Å². The molecule has 0 saturated heterocycles. The zero-order valence-corrected chi connectivity index (χ0v) is 17.2. The number of nitrogens with one attached hydrogen (secondary N) is 1. The largest absolute Gasteiger partial charge is 0.320 e. The Bertz CT molecular complexity index is 1220. The van der Waals surface area contributed by atoms with Gasteiger partial charge in [-0.15, -0.1) is 0 Å². The molecule has 8 nitrogen and oxygen atoms in total. The number of rotatable bonds is 6. The lowest BCUT2D eigenvalue weighted by Gasteiger charge is -2.22. The van der Waals surface area contributed by atoms with Crippen molar-refractivity contribution in [2.45, 2.75) is 4.90 Å². The molecule has 10 heteroatoms. The lowest BCUT2D eigenvalue weighted by molar-refractivity contribution is -0.384. The van der Waals surface area contributed by atoms with Gasteiger partial charge in [0.25, 0.3) is 21.6 Å². The van der Waals surface area contributed by atoms with Gasteiger partial charge in [-0.1, -0.05) is 41.9 Å². The van der Waals surface area contributed by atoms with Crippen LogP contribution in [0.4, 0.5) is 17.1 Å². The summed E-state index contributed by atoms with van der Waals surface area (Å²) < 4.78 is 26.9. The molecule has 0 fully saturated rings. The third-order valence-electron chi connectivity index (χ3n) is 4.30. The molecule has 1 amide bonds. The molecular weight excluding hydrogens is 430 g/mol. The number of hydrogen-bond acceptors (Lipinski definition) is 5. The fourth-order valence-electron chi connectivity index (χ4n) is 2.73. The van der Waals surface area contributed by atoms with Gasteiger partial charge in [-0.3, -0.25) is 19.2 Å². The Kier molecular flexibility index (Phi) is 6.04. The molecule has 3 aromatic carbocycles. The van der Waals surface area contributed by atoms with Gasteiger partial charge in [0.2, 0.25) is 0 Å². The van der Waals surface area contributed by atoms with Gasteiger partial charge in [-0.05, 0) is 30.3 Å². The van der Waals surface area contributed by atoms with Crippen LogP contribution in [0, 0.1) is 10.1 Å². The molecule has 0 unspecified atom stereocenters. The van der Waals surface area contributed by atoms with E-state index in [0.717, 1.165) is 10.4 Å². The summed E-state index contributed by atoms with van der Waals surface area (Å²) in [7, 11) is -2.57. The van der Waals surface area contributed by atoms with E-state index in [4.69, 9.17) is 11.6 Å². The molecular formula is C20H16ClN3O5S. The Hall–Kier alpha value is -3.43. The topological polar surface area (TPSA) is 110 Å². The fraction of sp³-hybridized carbons (Fsp3) is 0.0500. The summed E-state index contributed by atoms with van der Waals surface area (Å²) in [5, 5.41) is 13.6. The molecule has 0 aliphatic carbocycles. The first kappa shape index (κ1) is 21.3. The average molecular weight is 446 g/mol. The van der Waals surface area contributed by atoms with Crippen LogP contribution in [0.5, 0.6) is 0 Å². The number of anilines is 2. The van der Waals surface area contributed by atoms with Crippen molar-refractivity contribution >= 4 is 44.6 Å². The predicted molar refractivity (Wildman–Crippen MR) is 115 cm³/mol. The zero-order valence-electron chi connectivity index (χ0n) is 15.7. The summed E-state index contributed by atoms with van der Waals surface area (Å²) in [6.07, 6.45) is 0. The SMILES string of the molecule is CN(c1ccccc1C(=O)Nc1cc([N+](=O)[O-])ccc1Cl)S(=O)(=O)c1ccccc1. The van der Waals surface area contributed by atoms with Crippen LogP contribution in [0.3, 0.4) is 0 Å². The van der Waals surface area contributed by atoms with Crippen molar-refractivity contribution < 1.29 is 18.1 Å². The standard InChI is InChI=1S/C20H16ClN3O5S/c1-23(30(28,29)15-7-3-2-4-8-15)19-10-6-5-9-16(19)20(25)22-18-13-14(24(26)27)11-12-17(18)21/h2-13H,1H3,(H,22,25). The Balaban J connectivity index is 1.97. The second kappa shape index (κ2) is 8.52. The first-order chi connectivity index (χ1) is 14.2. The number of nitrogens with zero attached hydrogens (tertiary/aromatic N) is 2. The van der Waals surface area contributed by atoms with Crippen molar-refractivity contribution in [1.29, 1.82) is 0 Å². The summed E-state index contributed by atoms with van der Waals surface area (Å²) in [6, 6.07) is 17.6. The highest BCUT2D eigenvalue weighted by atomic mass is 35.5. The van der Waals surface area contributed by atoms with Gasteiger partial charge in [-0.25, -0.2) is 8.42 Å². The van der Waals surface area contributed by atoms with Gasteiger partial charge in [0.05, 0.1) is 31.8 Å².